The minimum Gasteiger partial charge on any atom is -0.444 e. The van der Waals surface area contributed by atoms with E-state index in [1.165, 1.54) is 25.7 Å². The van der Waals surface area contributed by atoms with Crippen LogP contribution in [0, 0.1) is 5.92 Å². The molecular formula is C17H32N2O3. The summed E-state index contributed by atoms with van der Waals surface area (Å²) in [6.07, 6.45) is 7.36. The number of hydrogen-bond acceptors (Lipinski definition) is 4. The van der Waals surface area contributed by atoms with Gasteiger partial charge in [0, 0.05) is 25.7 Å². The van der Waals surface area contributed by atoms with Gasteiger partial charge < -0.3 is 20.1 Å². The summed E-state index contributed by atoms with van der Waals surface area (Å²) in [6.45, 7) is 6.31. The quantitative estimate of drug-likeness (QED) is 0.792. The Morgan fingerprint density at radius 1 is 1.23 bits per heavy atom. The number of carbonyl (C=O) groups excluding carboxylic acids is 1. The Labute approximate surface area is 134 Å². The predicted octanol–water partition coefficient (Wildman–Crippen LogP) is 2.84. The third kappa shape index (κ3) is 5.43. The topological polar surface area (TPSA) is 59.6 Å². The summed E-state index contributed by atoms with van der Waals surface area (Å²) in [7, 11) is 1.78. The van der Waals surface area contributed by atoms with Crippen molar-refractivity contribution in [2.75, 3.05) is 13.7 Å². The molecule has 22 heavy (non-hydrogen) atoms. The molecule has 0 aromatic carbocycles. The Balaban J connectivity index is 1.79. The van der Waals surface area contributed by atoms with E-state index in [9.17, 15) is 4.79 Å². The lowest BCUT2D eigenvalue weighted by molar-refractivity contribution is 0.0113. The molecule has 0 spiro atoms. The standard InChI is InChI=1S/C17H32N2O3/c1-17(2,3)22-16(20)18-11-15(12-7-5-6-8-12)19-13-9-14(10-13)21-4/h12-15,19H,5-11H2,1-4H3,(H,18,20). The molecule has 1 atom stereocenters. The van der Waals surface area contributed by atoms with Gasteiger partial charge in [-0.2, -0.15) is 0 Å². The molecule has 2 fully saturated rings. The van der Waals surface area contributed by atoms with Crippen LogP contribution in [0.3, 0.4) is 0 Å². The third-order valence-corrected chi connectivity index (χ3v) is 4.71. The van der Waals surface area contributed by atoms with E-state index in [0.717, 1.165) is 12.8 Å². The van der Waals surface area contributed by atoms with Gasteiger partial charge in [0.05, 0.1) is 6.10 Å². The van der Waals surface area contributed by atoms with Crippen LogP contribution in [0.15, 0.2) is 0 Å². The summed E-state index contributed by atoms with van der Waals surface area (Å²) in [5, 5.41) is 6.67. The number of hydrogen-bond donors (Lipinski definition) is 2. The predicted molar refractivity (Wildman–Crippen MR) is 86.9 cm³/mol. The maximum atomic E-state index is 11.9. The molecule has 2 saturated carbocycles. The van der Waals surface area contributed by atoms with Crippen molar-refractivity contribution in [2.45, 2.75) is 83.1 Å². The molecule has 2 aliphatic carbocycles. The van der Waals surface area contributed by atoms with Gasteiger partial charge in [-0.3, -0.25) is 0 Å². The Bertz CT molecular complexity index is 355. The fourth-order valence-electron chi connectivity index (χ4n) is 3.43. The number of amides is 1. The van der Waals surface area contributed by atoms with E-state index in [1.54, 1.807) is 7.11 Å². The normalized spacial score (nSPS) is 27.3. The molecular weight excluding hydrogens is 280 g/mol. The van der Waals surface area contributed by atoms with Crippen LogP contribution in [-0.4, -0.2) is 43.5 Å². The molecule has 5 nitrogen and oxygen atoms in total. The van der Waals surface area contributed by atoms with E-state index in [4.69, 9.17) is 9.47 Å². The molecule has 1 amide bonds. The van der Waals surface area contributed by atoms with E-state index < -0.39 is 5.60 Å². The fraction of sp³-hybridized carbons (Fsp3) is 0.941. The van der Waals surface area contributed by atoms with E-state index in [1.807, 2.05) is 20.8 Å². The Morgan fingerprint density at radius 3 is 2.41 bits per heavy atom. The molecule has 2 N–H and O–H groups in total. The van der Waals surface area contributed by atoms with Gasteiger partial charge >= 0.3 is 6.09 Å². The molecule has 1 unspecified atom stereocenters. The van der Waals surface area contributed by atoms with Crippen LogP contribution in [0.25, 0.3) is 0 Å². The average Bonchev–Trinajstić information content (AvgIpc) is 2.88. The van der Waals surface area contributed by atoms with Gasteiger partial charge in [0.1, 0.15) is 5.60 Å². The van der Waals surface area contributed by atoms with Crippen molar-refractivity contribution < 1.29 is 14.3 Å². The number of methoxy groups -OCH3 is 1. The van der Waals surface area contributed by atoms with Gasteiger partial charge in [-0.05, 0) is 52.4 Å². The lowest BCUT2D eigenvalue weighted by Crippen LogP contribution is -2.54. The summed E-state index contributed by atoms with van der Waals surface area (Å²) in [6, 6.07) is 0.869. The van der Waals surface area contributed by atoms with Crippen LogP contribution in [-0.2, 0) is 9.47 Å². The molecule has 2 rings (SSSR count). The van der Waals surface area contributed by atoms with Crippen molar-refractivity contribution in [3.8, 4) is 0 Å². The largest absolute Gasteiger partial charge is 0.444 e. The Kier molecular flexibility index (Phi) is 6.09. The highest BCUT2D eigenvalue weighted by atomic mass is 16.6. The van der Waals surface area contributed by atoms with E-state index in [-0.39, 0.29) is 6.09 Å². The average molecular weight is 312 g/mol. The minimum atomic E-state index is -0.444. The van der Waals surface area contributed by atoms with Crippen molar-refractivity contribution in [1.29, 1.82) is 0 Å². The van der Waals surface area contributed by atoms with Crippen LogP contribution in [0.2, 0.25) is 0 Å². The molecule has 0 radical (unpaired) electrons. The van der Waals surface area contributed by atoms with Gasteiger partial charge in [-0.15, -0.1) is 0 Å². The molecule has 0 aromatic rings. The molecule has 0 heterocycles. The van der Waals surface area contributed by atoms with Crippen molar-refractivity contribution in [1.82, 2.24) is 10.6 Å². The van der Waals surface area contributed by atoms with Crippen LogP contribution in [0.1, 0.15) is 59.3 Å². The summed E-state index contributed by atoms with van der Waals surface area (Å²) >= 11 is 0. The highest BCUT2D eigenvalue weighted by Crippen LogP contribution is 2.30. The Morgan fingerprint density at radius 2 is 1.86 bits per heavy atom. The van der Waals surface area contributed by atoms with Gasteiger partial charge in [0.15, 0.2) is 0 Å². The molecule has 0 bridgehead atoms. The van der Waals surface area contributed by atoms with E-state index in [0.29, 0.717) is 30.7 Å². The smallest absolute Gasteiger partial charge is 0.407 e. The first kappa shape index (κ1) is 17.5. The lowest BCUT2D eigenvalue weighted by atomic mass is 9.87. The second-order valence-corrected chi connectivity index (χ2v) is 7.73. The lowest BCUT2D eigenvalue weighted by Gasteiger charge is -2.39. The second-order valence-electron chi connectivity index (χ2n) is 7.73. The highest BCUT2D eigenvalue weighted by Gasteiger charge is 2.34. The number of rotatable bonds is 6. The molecule has 128 valence electrons. The van der Waals surface area contributed by atoms with Crippen molar-refractivity contribution in [3.05, 3.63) is 0 Å². The molecule has 2 aliphatic rings. The van der Waals surface area contributed by atoms with E-state index >= 15 is 0 Å². The zero-order chi connectivity index (χ0) is 16.2. The number of alkyl carbamates (subject to hydrolysis) is 1. The van der Waals surface area contributed by atoms with Crippen LogP contribution < -0.4 is 10.6 Å². The van der Waals surface area contributed by atoms with Gasteiger partial charge in [0.2, 0.25) is 0 Å². The van der Waals surface area contributed by atoms with Crippen LogP contribution in [0.5, 0.6) is 0 Å². The first-order chi connectivity index (χ1) is 10.4. The monoisotopic (exact) mass is 312 g/mol. The molecule has 5 heteroatoms. The molecule has 0 aromatic heterocycles. The van der Waals surface area contributed by atoms with Crippen LogP contribution in [0.4, 0.5) is 4.79 Å². The van der Waals surface area contributed by atoms with E-state index in [2.05, 4.69) is 10.6 Å². The summed E-state index contributed by atoms with van der Waals surface area (Å²) < 4.78 is 10.7. The zero-order valence-corrected chi connectivity index (χ0v) is 14.5. The van der Waals surface area contributed by atoms with Gasteiger partial charge in [-0.25, -0.2) is 4.79 Å². The molecule has 0 saturated heterocycles. The summed E-state index contributed by atoms with van der Waals surface area (Å²) in [5.74, 6) is 0.663. The first-order valence-corrected chi connectivity index (χ1v) is 8.63. The number of ether oxygens (including phenoxy) is 2. The third-order valence-electron chi connectivity index (χ3n) is 4.71. The molecule has 0 aliphatic heterocycles. The van der Waals surface area contributed by atoms with Gasteiger partial charge in [0.25, 0.3) is 0 Å². The number of nitrogens with one attached hydrogen (secondary N) is 2. The fourth-order valence-corrected chi connectivity index (χ4v) is 3.43. The maximum Gasteiger partial charge on any atom is 0.407 e. The van der Waals surface area contributed by atoms with Crippen molar-refractivity contribution in [3.63, 3.8) is 0 Å². The Hall–Kier alpha value is -0.810. The maximum absolute atomic E-state index is 11.9. The summed E-state index contributed by atoms with van der Waals surface area (Å²) in [4.78, 5) is 11.9. The minimum absolute atomic E-state index is 0.319. The first-order valence-electron chi connectivity index (χ1n) is 8.63. The summed E-state index contributed by atoms with van der Waals surface area (Å²) in [5.41, 5.74) is -0.444. The van der Waals surface area contributed by atoms with Crippen molar-refractivity contribution in [2.24, 2.45) is 5.92 Å². The SMILES string of the molecule is COC1CC(NC(CNC(=O)OC(C)(C)C)C2CCCC2)C1. The highest BCUT2D eigenvalue weighted by molar-refractivity contribution is 5.67. The van der Waals surface area contributed by atoms with Gasteiger partial charge in [-0.1, -0.05) is 12.8 Å². The van der Waals surface area contributed by atoms with Crippen molar-refractivity contribution >= 4 is 6.09 Å². The zero-order valence-electron chi connectivity index (χ0n) is 14.5. The number of carbonyl (C=O) groups is 1. The van der Waals surface area contributed by atoms with Crippen LogP contribution >= 0.6 is 0 Å². The second kappa shape index (κ2) is 7.64.